The first-order chi connectivity index (χ1) is 4.76. The van der Waals surface area contributed by atoms with Crippen molar-refractivity contribution in [1.82, 2.24) is 0 Å². The highest BCUT2D eigenvalue weighted by molar-refractivity contribution is 6.17. The lowest BCUT2D eigenvalue weighted by atomic mass is 10.1. The zero-order chi connectivity index (χ0) is 7.98. The fourth-order valence-corrected chi connectivity index (χ4v) is 0.942. The Balaban J connectivity index is 3.53. The average Bonchev–Trinajstić information content (AvgIpc) is 1.91. The molecule has 0 saturated heterocycles. The average molecular weight is 168 g/mol. The molecule has 0 bridgehead atoms. The molecule has 0 amide bonds. The number of alkyl halides is 2. The molecule has 1 radical (unpaired) electrons. The van der Waals surface area contributed by atoms with Crippen LogP contribution < -0.4 is 0 Å². The first-order valence-electron chi connectivity index (χ1n) is 3.36. The third-order valence-corrected chi connectivity index (χ3v) is 1.54. The van der Waals surface area contributed by atoms with E-state index in [9.17, 15) is 4.39 Å². The van der Waals surface area contributed by atoms with Gasteiger partial charge in [0, 0.05) is 13.0 Å². The Hall–Kier alpha value is 0.180. The molecular weight excluding hydrogens is 155 g/mol. The smallest absolute Gasteiger partial charge is 0.133 e. The summed E-state index contributed by atoms with van der Waals surface area (Å²) in [6.07, 6.45) is 0.459. The number of hydrogen-bond acceptors (Lipinski definition) is 1. The van der Waals surface area contributed by atoms with Gasteiger partial charge in [0.2, 0.25) is 0 Å². The fraction of sp³-hybridized carbons (Fsp3) is 0.857. The Morgan fingerprint density at radius 2 is 2.30 bits per heavy atom. The van der Waals surface area contributed by atoms with Crippen LogP contribution in [0, 0.1) is 6.10 Å². The first kappa shape index (κ1) is 10.2. The van der Waals surface area contributed by atoms with Crippen molar-refractivity contribution in [2.24, 2.45) is 0 Å². The Labute approximate surface area is 66.5 Å². The number of ether oxygens (including phenoxy) is 1. The molecule has 0 aromatic carbocycles. The lowest BCUT2D eigenvalue weighted by molar-refractivity contribution is 0.119. The standard InChI is InChI=1S/C7H13ClFO/c1-3-7(10-2)6(9)4-5-8/h6H,3-5H2,1-2H3. The molecule has 0 saturated carbocycles. The molecule has 0 aromatic heterocycles. The topological polar surface area (TPSA) is 9.23 Å². The highest BCUT2D eigenvalue weighted by atomic mass is 35.5. The number of rotatable bonds is 5. The van der Waals surface area contributed by atoms with E-state index < -0.39 is 6.17 Å². The zero-order valence-electron chi connectivity index (χ0n) is 6.36. The molecule has 0 aliphatic rings. The molecule has 0 rings (SSSR count). The van der Waals surface area contributed by atoms with Crippen LogP contribution in [-0.2, 0) is 4.74 Å². The van der Waals surface area contributed by atoms with Crippen LogP contribution in [-0.4, -0.2) is 19.2 Å². The van der Waals surface area contributed by atoms with Gasteiger partial charge >= 0.3 is 0 Å². The van der Waals surface area contributed by atoms with E-state index in [2.05, 4.69) is 0 Å². The van der Waals surface area contributed by atoms with Crippen molar-refractivity contribution < 1.29 is 9.13 Å². The van der Waals surface area contributed by atoms with E-state index in [1.807, 2.05) is 6.92 Å². The quantitative estimate of drug-likeness (QED) is 0.572. The number of halogens is 2. The second kappa shape index (κ2) is 5.93. The van der Waals surface area contributed by atoms with E-state index in [0.29, 0.717) is 24.8 Å². The summed E-state index contributed by atoms with van der Waals surface area (Å²) in [5, 5.41) is 0. The predicted octanol–water partition coefficient (Wildman–Crippen LogP) is 2.54. The van der Waals surface area contributed by atoms with E-state index in [4.69, 9.17) is 16.3 Å². The fourth-order valence-electron chi connectivity index (χ4n) is 0.750. The SMILES string of the molecule is CC[C](OC)C(F)CCCl. The van der Waals surface area contributed by atoms with Gasteiger partial charge in [0.1, 0.15) is 12.3 Å². The van der Waals surface area contributed by atoms with Crippen molar-refractivity contribution in [2.45, 2.75) is 25.9 Å². The summed E-state index contributed by atoms with van der Waals surface area (Å²) in [5.41, 5.74) is 0. The van der Waals surface area contributed by atoms with E-state index in [0.717, 1.165) is 0 Å². The molecule has 3 heteroatoms. The van der Waals surface area contributed by atoms with Gasteiger partial charge in [-0.15, -0.1) is 11.6 Å². The molecular formula is C7H13ClFO. The minimum absolute atomic E-state index is 0.341. The first-order valence-corrected chi connectivity index (χ1v) is 3.89. The van der Waals surface area contributed by atoms with Gasteiger partial charge in [0.15, 0.2) is 0 Å². The molecule has 61 valence electrons. The lowest BCUT2D eigenvalue weighted by Crippen LogP contribution is -2.15. The molecule has 0 spiro atoms. The van der Waals surface area contributed by atoms with Crippen molar-refractivity contribution in [3.63, 3.8) is 0 Å². The number of methoxy groups -OCH3 is 1. The zero-order valence-corrected chi connectivity index (χ0v) is 7.12. The summed E-state index contributed by atoms with van der Waals surface area (Å²) in [6.45, 7) is 1.86. The van der Waals surface area contributed by atoms with Crippen LogP contribution in [0.1, 0.15) is 19.8 Å². The third kappa shape index (κ3) is 3.37. The molecule has 1 atom stereocenters. The van der Waals surface area contributed by atoms with Crippen molar-refractivity contribution >= 4 is 11.6 Å². The van der Waals surface area contributed by atoms with Crippen LogP contribution in [0.25, 0.3) is 0 Å². The van der Waals surface area contributed by atoms with E-state index in [-0.39, 0.29) is 0 Å². The highest BCUT2D eigenvalue weighted by Gasteiger charge is 2.18. The molecule has 0 heterocycles. The lowest BCUT2D eigenvalue weighted by Gasteiger charge is -2.14. The minimum Gasteiger partial charge on any atom is -0.372 e. The molecule has 0 aliphatic carbocycles. The molecule has 0 aromatic rings. The molecule has 0 aliphatic heterocycles. The Morgan fingerprint density at radius 3 is 2.60 bits per heavy atom. The maximum Gasteiger partial charge on any atom is 0.133 e. The molecule has 0 fully saturated rings. The van der Waals surface area contributed by atoms with Gasteiger partial charge < -0.3 is 4.74 Å². The van der Waals surface area contributed by atoms with Gasteiger partial charge in [-0.2, -0.15) is 0 Å². The monoisotopic (exact) mass is 167 g/mol. The summed E-state index contributed by atoms with van der Waals surface area (Å²) in [4.78, 5) is 0. The third-order valence-electron chi connectivity index (χ3n) is 1.32. The molecule has 1 unspecified atom stereocenters. The van der Waals surface area contributed by atoms with E-state index in [1.54, 1.807) is 0 Å². The second-order valence-corrected chi connectivity index (χ2v) is 2.35. The van der Waals surface area contributed by atoms with E-state index in [1.165, 1.54) is 7.11 Å². The van der Waals surface area contributed by atoms with Crippen molar-refractivity contribution in [2.75, 3.05) is 13.0 Å². The normalized spacial score (nSPS) is 14.1. The van der Waals surface area contributed by atoms with Gasteiger partial charge in [0.05, 0.1) is 0 Å². The molecule has 1 nitrogen and oxygen atoms in total. The minimum atomic E-state index is -0.993. The molecule has 0 N–H and O–H groups in total. The van der Waals surface area contributed by atoms with Crippen molar-refractivity contribution in [1.29, 1.82) is 0 Å². The highest BCUT2D eigenvalue weighted by Crippen LogP contribution is 2.18. The summed E-state index contributed by atoms with van der Waals surface area (Å²) in [5.74, 6) is 0.341. The second-order valence-electron chi connectivity index (χ2n) is 1.97. The van der Waals surface area contributed by atoms with Crippen LogP contribution in [0.5, 0.6) is 0 Å². The van der Waals surface area contributed by atoms with Gasteiger partial charge in [-0.3, -0.25) is 0 Å². The van der Waals surface area contributed by atoms with Gasteiger partial charge in [-0.25, -0.2) is 4.39 Å². The maximum absolute atomic E-state index is 12.8. The van der Waals surface area contributed by atoms with Crippen LogP contribution in [0.15, 0.2) is 0 Å². The molecule has 10 heavy (non-hydrogen) atoms. The summed E-state index contributed by atoms with van der Waals surface area (Å²) < 4.78 is 17.6. The van der Waals surface area contributed by atoms with Crippen LogP contribution >= 0.6 is 11.6 Å². The van der Waals surface area contributed by atoms with Crippen LogP contribution in [0.2, 0.25) is 0 Å². The van der Waals surface area contributed by atoms with E-state index >= 15 is 0 Å². The Morgan fingerprint density at radius 1 is 1.70 bits per heavy atom. The van der Waals surface area contributed by atoms with Crippen LogP contribution in [0.4, 0.5) is 4.39 Å². The predicted molar refractivity (Wildman–Crippen MR) is 40.8 cm³/mol. The van der Waals surface area contributed by atoms with Gasteiger partial charge in [-0.1, -0.05) is 6.92 Å². The summed E-state index contributed by atoms with van der Waals surface area (Å²) >= 11 is 5.35. The van der Waals surface area contributed by atoms with Gasteiger partial charge in [0.25, 0.3) is 0 Å². The van der Waals surface area contributed by atoms with Crippen molar-refractivity contribution in [3.05, 3.63) is 6.10 Å². The Bertz CT molecular complexity index is 76.0. The Kier molecular flexibility index (Phi) is 6.03. The summed E-state index contributed by atoms with van der Waals surface area (Å²) in [7, 11) is 1.49. The maximum atomic E-state index is 12.8. The summed E-state index contributed by atoms with van der Waals surface area (Å²) in [6, 6.07) is 0. The van der Waals surface area contributed by atoms with Gasteiger partial charge in [-0.05, 0) is 12.8 Å². The van der Waals surface area contributed by atoms with Crippen LogP contribution in [0.3, 0.4) is 0 Å². The van der Waals surface area contributed by atoms with Crippen molar-refractivity contribution in [3.8, 4) is 0 Å². The number of hydrogen-bond donors (Lipinski definition) is 0. The largest absolute Gasteiger partial charge is 0.372 e.